The molecule has 1 amide bonds. The van der Waals surface area contributed by atoms with E-state index in [-0.39, 0.29) is 29.3 Å². The van der Waals surface area contributed by atoms with Crippen LogP contribution in [0.5, 0.6) is 11.5 Å². The number of carbonyl (C=O) groups excluding carboxylic acids is 1. The van der Waals surface area contributed by atoms with Gasteiger partial charge in [-0.1, -0.05) is 82.8 Å². The lowest BCUT2D eigenvalue weighted by Gasteiger charge is -2.26. The number of carbonyl (C=O) groups is 1. The molecule has 0 bridgehead atoms. The number of hydrogen-bond donors (Lipinski definition) is 1. The minimum Gasteiger partial charge on any atom is -0.493 e. The lowest BCUT2D eigenvalue weighted by molar-refractivity contribution is 0.0955. The van der Waals surface area contributed by atoms with Crippen LogP contribution in [-0.2, 0) is 23.2 Å². The van der Waals surface area contributed by atoms with Crippen LogP contribution in [0, 0.1) is 6.92 Å². The maximum Gasteiger partial charge on any atom is 0.273 e. The molecule has 0 fully saturated rings. The van der Waals surface area contributed by atoms with Crippen molar-refractivity contribution in [3.63, 3.8) is 0 Å². The summed E-state index contributed by atoms with van der Waals surface area (Å²) in [5, 5.41) is 5.66. The van der Waals surface area contributed by atoms with Crippen LogP contribution in [0.3, 0.4) is 0 Å². The van der Waals surface area contributed by atoms with Crippen molar-refractivity contribution < 1.29 is 22.7 Å². The molecule has 5 aromatic carbocycles. The summed E-state index contributed by atoms with van der Waals surface area (Å²) in [7, 11) is -2.60. The molecule has 0 saturated heterocycles. The standard InChI is InChI=1S/C36H29BrCl3N3O5S/c1-23-7-15-29(16-8-23)49(45,46)43(21-24-9-12-27(38)13-10-24)33-6-4-3-5-30(33)36(44)42-41-20-25-17-31(37)35(34(18-25)47-2)48-22-26-11-14-28(39)19-32(26)40/h3-20H,21-22H2,1-2H3,(H,42,44)/b41-20-. The maximum absolute atomic E-state index is 14.1. The number of nitrogens with one attached hydrogen (secondary N) is 1. The van der Waals surface area contributed by atoms with E-state index in [4.69, 9.17) is 44.3 Å². The first kappa shape index (κ1) is 36.2. The molecule has 0 aliphatic carbocycles. The maximum atomic E-state index is 14.1. The van der Waals surface area contributed by atoms with Crippen molar-refractivity contribution in [2.24, 2.45) is 5.10 Å². The van der Waals surface area contributed by atoms with Crippen molar-refractivity contribution in [3.05, 3.63) is 150 Å². The number of anilines is 1. The quantitative estimate of drug-likeness (QED) is 0.100. The Balaban J connectivity index is 1.39. The van der Waals surface area contributed by atoms with E-state index in [0.29, 0.717) is 42.2 Å². The summed E-state index contributed by atoms with van der Waals surface area (Å²) in [5.41, 5.74) is 5.72. The van der Waals surface area contributed by atoms with E-state index in [0.717, 1.165) is 11.1 Å². The van der Waals surface area contributed by atoms with E-state index in [9.17, 15) is 13.2 Å². The molecule has 0 saturated carbocycles. The van der Waals surface area contributed by atoms with E-state index in [1.54, 1.807) is 103 Å². The number of hydrogen-bond acceptors (Lipinski definition) is 6. The van der Waals surface area contributed by atoms with Crippen LogP contribution in [0.2, 0.25) is 15.1 Å². The third kappa shape index (κ3) is 8.95. The van der Waals surface area contributed by atoms with Gasteiger partial charge in [-0.2, -0.15) is 5.10 Å². The minimum absolute atomic E-state index is 0.0482. The number of halogens is 4. The molecule has 0 radical (unpaired) electrons. The van der Waals surface area contributed by atoms with Gasteiger partial charge in [-0.3, -0.25) is 9.10 Å². The number of ether oxygens (including phenoxy) is 2. The SMILES string of the molecule is COc1cc(/C=N\NC(=O)c2ccccc2N(Cc2ccc(Cl)cc2)S(=O)(=O)c2ccc(C)cc2)cc(Br)c1OCc1ccc(Cl)cc1Cl. The number of aryl methyl sites for hydroxylation is 1. The minimum atomic E-state index is -4.10. The second kappa shape index (κ2) is 16.1. The predicted octanol–water partition coefficient (Wildman–Crippen LogP) is 9.46. The Morgan fingerprint density at radius 3 is 2.31 bits per heavy atom. The third-order valence-electron chi connectivity index (χ3n) is 7.28. The van der Waals surface area contributed by atoms with Crippen molar-refractivity contribution >= 4 is 78.6 Å². The fourth-order valence-corrected chi connectivity index (χ4v) is 7.38. The normalized spacial score (nSPS) is 11.4. The van der Waals surface area contributed by atoms with Crippen LogP contribution < -0.4 is 19.2 Å². The van der Waals surface area contributed by atoms with Crippen molar-refractivity contribution in [1.82, 2.24) is 5.43 Å². The first-order valence-corrected chi connectivity index (χ1v) is 18.0. The smallest absolute Gasteiger partial charge is 0.273 e. The summed E-state index contributed by atoms with van der Waals surface area (Å²) in [6, 6.07) is 28.4. The van der Waals surface area contributed by atoms with Crippen molar-refractivity contribution in [3.8, 4) is 11.5 Å². The Kier molecular flexibility index (Phi) is 11.9. The molecule has 5 rings (SSSR count). The Labute approximate surface area is 308 Å². The molecule has 13 heteroatoms. The van der Waals surface area contributed by atoms with Gasteiger partial charge in [-0.05, 0) is 94.6 Å². The van der Waals surface area contributed by atoms with Gasteiger partial charge in [0.15, 0.2) is 11.5 Å². The summed E-state index contributed by atoms with van der Waals surface area (Å²) in [6.45, 7) is 1.99. The molecule has 0 aliphatic heterocycles. The third-order valence-corrected chi connectivity index (χ3v) is 10.5. The van der Waals surface area contributed by atoms with Crippen LogP contribution >= 0.6 is 50.7 Å². The van der Waals surface area contributed by atoms with Gasteiger partial charge in [0.1, 0.15) is 6.61 Å². The zero-order chi connectivity index (χ0) is 35.1. The van der Waals surface area contributed by atoms with Gasteiger partial charge >= 0.3 is 0 Å². The van der Waals surface area contributed by atoms with Crippen molar-refractivity contribution in [2.45, 2.75) is 25.0 Å². The molecule has 0 aromatic heterocycles. The molecule has 0 unspecified atom stereocenters. The Morgan fingerprint density at radius 1 is 0.918 bits per heavy atom. The summed E-state index contributed by atoms with van der Waals surface area (Å²) in [4.78, 5) is 13.6. The van der Waals surface area contributed by atoms with Gasteiger partial charge in [0.2, 0.25) is 0 Å². The molecule has 49 heavy (non-hydrogen) atoms. The van der Waals surface area contributed by atoms with Crippen LogP contribution in [0.15, 0.2) is 118 Å². The molecule has 1 N–H and O–H groups in total. The molecule has 0 spiro atoms. The average Bonchev–Trinajstić information content (AvgIpc) is 3.08. The van der Waals surface area contributed by atoms with Crippen LogP contribution in [0.1, 0.15) is 32.6 Å². The van der Waals surface area contributed by atoms with Crippen LogP contribution in [0.25, 0.3) is 0 Å². The van der Waals surface area contributed by atoms with Gasteiger partial charge in [-0.15, -0.1) is 0 Å². The van der Waals surface area contributed by atoms with Gasteiger partial charge in [0.05, 0.1) is 40.5 Å². The fraction of sp³-hybridized carbons (Fsp3) is 0.111. The van der Waals surface area contributed by atoms with E-state index < -0.39 is 15.9 Å². The molecular formula is C36H29BrCl3N3O5S. The molecule has 252 valence electrons. The molecule has 0 atom stereocenters. The Bertz CT molecular complexity index is 2110. The second-order valence-corrected chi connectivity index (χ2v) is 14.7. The number of sulfonamides is 1. The first-order chi connectivity index (χ1) is 23.5. The lowest BCUT2D eigenvalue weighted by Crippen LogP contribution is -2.33. The zero-order valence-corrected chi connectivity index (χ0v) is 30.8. The van der Waals surface area contributed by atoms with E-state index in [1.807, 2.05) is 6.92 Å². The van der Waals surface area contributed by atoms with Crippen molar-refractivity contribution in [2.75, 3.05) is 11.4 Å². The monoisotopic (exact) mass is 799 g/mol. The molecule has 0 heterocycles. The van der Waals surface area contributed by atoms with E-state index in [2.05, 4.69) is 26.5 Å². The van der Waals surface area contributed by atoms with E-state index in [1.165, 1.54) is 17.6 Å². The molecular weight excluding hydrogens is 773 g/mol. The highest BCUT2D eigenvalue weighted by atomic mass is 79.9. The number of para-hydroxylation sites is 1. The number of nitrogens with zero attached hydrogens (tertiary/aromatic N) is 2. The Morgan fingerprint density at radius 2 is 1.61 bits per heavy atom. The number of hydrazone groups is 1. The number of rotatable bonds is 12. The zero-order valence-electron chi connectivity index (χ0n) is 26.2. The topological polar surface area (TPSA) is 97.3 Å². The van der Waals surface area contributed by atoms with Gasteiger partial charge < -0.3 is 9.47 Å². The van der Waals surface area contributed by atoms with Crippen LogP contribution in [-0.4, -0.2) is 27.6 Å². The number of amides is 1. The molecule has 5 aromatic rings. The summed E-state index contributed by atoms with van der Waals surface area (Å²) >= 11 is 21.9. The van der Waals surface area contributed by atoms with Gasteiger partial charge in [0, 0.05) is 20.6 Å². The van der Waals surface area contributed by atoms with Gasteiger partial charge in [-0.25, -0.2) is 13.8 Å². The number of methoxy groups -OCH3 is 1. The summed E-state index contributed by atoms with van der Waals surface area (Å²) in [5.74, 6) is 0.244. The first-order valence-electron chi connectivity index (χ1n) is 14.7. The predicted molar refractivity (Wildman–Crippen MR) is 199 cm³/mol. The second-order valence-electron chi connectivity index (χ2n) is 10.7. The lowest BCUT2D eigenvalue weighted by atomic mass is 10.1. The Hall–Kier alpha value is -4.06. The highest BCUT2D eigenvalue weighted by molar-refractivity contribution is 9.10. The summed E-state index contributed by atoms with van der Waals surface area (Å²) < 4.78 is 41.5. The molecule has 0 aliphatic rings. The molecule has 8 nitrogen and oxygen atoms in total. The number of benzene rings is 5. The van der Waals surface area contributed by atoms with Gasteiger partial charge in [0.25, 0.3) is 15.9 Å². The largest absolute Gasteiger partial charge is 0.493 e. The highest BCUT2D eigenvalue weighted by Gasteiger charge is 2.28. The fourth-order valence-electron chi connectivity index (χ4n) is 4.74. The summed E-state index contributed by atoms with van der Waals surface area (Å²) in [6.07, 6.45) is 1.43. The average molecular weight is 802 g/mol. The van der Waals surface area contributed by atoms with E-state index >= 15 is 0 Å². The highest BCUT2D eigenvalue weighted by Crippen LogP contribution is 2.37. The van der Waals surface area contributed by atoms with Crippen molar-refractivity contribution in [1.29, 1.82) is 0 Å². The van der Waals surface area contributed by atoms with Crippen LogP contribution in [0.4, 0.5) is 5.69 Å².